The van der Waals surface area contributed by atoms with E-state index >= 15 is 0 Å². The molecule has 2 aromatic rings. The molecule has 2 atom stereocenters. The Morgan fingerprint density at radius 2 is 2.00 bits per heavy atom. The minimum absolute atomic E-state index is 0.0680. The lowest BCUT2D eigenvalue weighted by molar-refractivity contribution is -0.114. The van der Waals surface area contributed by atoms with Crippen LogP contribution in [0.2, 0.25) is 0 Å². The SMILES string of the molecule is CCc1cccc(NC(=O)CN(C2=N[C@H]3CS(=O)(=O)C[C@@H]3S2)c2cccc(C)c2)c1. The van der Waals surface area contributed by atoms with E-state index in [2.05, 4.69) is 17.2 Å². The number of hydrogen-bond acceptors (Lipinski definition) is 6. The molecule has 1 fully saturated rings. The lowest BCUT2D eigenvalue weighted by Crippen LogP contribution is -2.36. The third kappa shape index (κ3) is 4.70. The molecule has 0 bridgehead atoms. The number of fused-ring (bicyclic) bond motifs is 1. The van der Waals surface area contributed by atoms with Gasteiger partial charge in [0.25, 0.3) is 0 Å². The molecule has 0 spiro atoms. The number of rotatable bonds is 5. The van der Waals surface area contributed by atoms with Crippen molar-refractivity contribution in [1.29, 1.82) is 0 Å². The van der Waals surface area contributed by atoms with Crippen LogP contribution in [0.4, 0.5) is 11.4 Å². The maximum atomic E-state index is 12.9. The van der Waals surface area contributed by atoms with Crippen LogP contribution in [0, 0.1) is 6.92 Å². The highest BCUT2D eigenvalue weighted by molar-refractivity contribution is 8.15. The third-order valence-electron chi connectivity index (χ3n) is 5.27. The number of thioether (sulfide) groups is 1. The fraction of sp³-hybridized carbons (Fsp3) is 0.364. The van der Waals surface area contributed by atoms with Crippen molar-refractivity contribution in [3.8, 4) is 0 Å². The first-order chi connectivity index (χ1) is 14.3. The summed E-state index contributed by atoms with van der Waals surface area (Å²) in [5.74, 6) is 0.0940. The summed E-state index contributed by atoms with van der Waals surface area (Å²) in [5.41, 5.74) is 3.89. The van der Waals surface area contributed by atoms with E-state index in [1.165, 1.54) is 11.8 Å². The van der Waals surface area contributed by atoms with Crippen LogP contribution in [0.15, 0.2) is 53.5 Å². The maximum absolute atomic E-state index is 12.9. The first kappa shape index (κ1) is 20.9. The minimum atomic E-state index is -3.02. The number of aliphatic imine (C=N–C) groups is 1. The summed E-state index contributed by atoms with van der Waals surface area (Å²) in [6.07, 6.45) is 0.901. The second-order valence-corrected chi connectivity index (χ2v) is 11.1. The second-order valence-electron chi connectivity index (χ2n) is 7.74. The van der Waals surface area contributed by atoms with E-state index in [4.69, 9.17) is 0 Å². The lowest BCUT2D eigenvalue weighted by atomic mass is 10.1. The largest absolute Gasteiger partial charge is 0.325 e. The Balaban J connectivity index is 1.56. The zero-order valence-electron chi connectivity index (χ0n) is 17.0. The van der Waals surface area contributed by atoms with Crippen molar-refractivity contribution in [3.63, 3.8) is 0 Å². The van der Waals surface area contributed by atoms with Crippen molar-refractivity contribution in [1.82, 2.24) is 0 Å². The van der Waals surface area contributed by atoms with Crippen molar-refractivity contribution in [2.45, 2.75) is 31.6 Å². The first-order valence-corrected chi connectivity index (χ1v) is 12.7. The first-order valence-electron chi connectivity index (χ1n) is 10.0. The molecule has 0 unspecified atom stereocenters. The summed E-state index contributed by atoms with van der Waals surface area (Å²) in [7, 11) is -3.02. The van der Waals surface area contributed by atoms with Gasteiger partial charge in [0, 0.05) is 16.6 Å². The summed E-state index contributed by atoms with van der Waals surface area (Å²) >= 11 is 1.46. The van der Waals surface area contributed by atoms with Crippen molar-refractivity contribution >= 4 is 44.0 Å². The van der Waals surface area contributed by atoms with Crippen LogP contribution in [0.3, 0.4) is 0 Å². The molecule has 2 aliphatic heterocycles. The number of nitrogens with zero attached hydrogens (tertiary/aromatic N) is 2. The smallest absolute Gasteiger partial charge is 0.244 e. The van der Waals surface area contributed by atoms with Crippen LogP contribution in [0.1, 0.15) is 18.1 Å². The molecule has 0 saturated carbocycles. The number of benzene rings is 2. The standard InChI is InChI=1S/C22H25N3O3S2/c1-3-16-7-5-8-17(11-16)23-21(26)12-25(18-9-4-6-15(2)10-18)22-24-19-13-30(27,28)14-20(19)29-22/h4-11,19-20H,3,12-14H2,1-2H3,(H,23,26)/t19-,20-/m0/s1. The molecule has 2 heterocycles. The molecule has 4 rings (SSSR count). The quantitative estimate of drug-likeness (QED) is 0.767. The number of aryl methyl sites for hydroxylation is 2. The van der Waals surface area contributed by atoms with Gasteiger partial charge in [-0.1, -0.05) is 43.0 Å². The van der Waals surface area contributed by atoms with Crippen LogP contribution >= 0.6 is 11.8 Å². The van der Waals surface area contributed by atoms with Crippen molar-refractivity contribution in [2.24, 2.45) is 4.99 Å². The van der Waals surface area contributed by atoms with E-state index in [1.807, 2.05) is 60.4 Å². The van der Waals surface area contributed by atoms with Gasteiger partial charge in [0.15, 0.2) is 15.0 Å². The van der Waals surface area contributed by atoms with Gasteiger partial charge in [-0.25, -0.2) is 8.42 Å². The molecule has 2 aliphatic rings. The van der Waals surface area contributed by atoms with Gasteiger partial charge in [-0.3, -0.25) is 9.79 Å². The number of nitrogens with one attached hydrogen (secondary N) is 1. The third-order valence-corrected chi connectivity index (χ3v) is 8.52. The average Bonchev–Trinajstić information content (AvgIpc) is 3.19. The van der Waals surface area contributed by atoms with Gasteiger partial charge >= 0.3 is 0 Å². The summed E-state index contributed by atoms with van der Waals surface area (Å²) in [4.78, 5) is 19.5. The summed E-state index contributed by atoms with van der Waals surface area (Å²) in [6, 6.07) is 15.5. The summed E-state index contributed by atoms with van der Waals surface area (Å²) in [5, 5.41) is 3.62. The average molecular weight is 444 g/mol. The Kier molecular flexibility index (Phi) is 5.88. The van der Waals surface area contributed by atoms with Gasteiger partial charge in [0.05, 0.1) is 17.5 Å². The van der Waals surface area contributed by atoms with Gasteiger partial charge in [0.1, 0.15) is 6.54 Å². The zero-order chi connectivity index (χ0) is 21.3. The van der Waals surface area contributed by atoms with E-state index in [9.17, 15) is 13.2 Å². The minimum Gasteiger partial charge on any atom is -0.325 e. The monoisotopic (exact) mass is 443 g/mol. The highest BCUT2D eigenvalue weighted by Crippen LogP contribution is 2.36. The van der Waals surface area contributed by atoms with Gasteiger partial charge in [-0.15, -0.1) is 0 Å². The van der Waals surface area contributed by atoms with Crippen LogP contribution in [-0.4, -0.2) is 48.8 Å². The number of carbonyl (C=O) groups is 1. The Morgan fingerprint density at radius 3 is 2.73 bits per heavy atom. The number of amides is 1. The van der Waals surface area contributed by atoms with E-state index in [0.717, 1.165) is 28.9 Å². The number of carbonyl (C=O) groups excluding carboxylic acids is 1. The summed E-state index contributed by atoms with van der Waals surface area (Å²) in [6.45, 7) is 4.19. The van der Waals surface area contributed by atoms with Crippen LogP contribution in [0.5, 0.6) is 0 Å². The normalized spacial score (nSPS) is 21.7. The Labute approximate surface area is 181 Å². The topological polar surface area (TPSA) is 78.8 Å². The Hall–Kier alpha value is -2.32. The predicted octanol–water partition coefficient (Wildman–Crippen LogP) is 3.27. The number of amidine groups is 1. The Morgan fingerprint density at radius 1 is 1.20 bits per heavy atom. The van der Waals surface area contributed by atoms with Gasteiger partial charge in [-0.2, -0.15) is 0 Å². The lowest BCUT2D eigenvalue weighted by Gasteiger charge is -2.24. The molecule has 6 nitrogen and oxygen atoms in total. The Bertz CT molecular complexity index is 1100. The number of sulfone groups is 1. The van der Waals surface area contributed by atoms with Crippen LogP contribution in [0.25, 0.3) is 0 Å². The highest BCUT2D eigenvalue weighted by Gasteiger charge is 2.44. The molecule has 158 valence electrons. The molecule has 2 aromatic carbocycles. The molecule has 8 heteroatoms. The van der Waals surface area contributed by atoms with Gasteiger partial charge in [-0.05, 0) is 48.7 Å². The van der Waals surface area contributed by atoms with Crippen molar-refractivity contribution in [2.75, 3.05) is 28.3 Å². The summed E-state index contributed by atoms with van der Waals surface area (Å²) < 4.78 is 23.8. The second kappa shape index (κ2) is 8.43. The van der Waals surface area contributed by atoms with Crippen molar-refractivity contribution in [3.05, 3.63) is 59.7 Å². The molecule has 30 heavy (non-hydrogen) atoms. The van der Waals surface area contributed by atoms with Crippen molar-refractivity contribution < 1.29 is 13.2 Å². The molecule has 0 radical (unpaired) electrons. The van der Waals surface area contributed by atoms with Gasteiger partial charge in [0.2, 0.25) is 5.91 Å². The number of hydrogen-bond donors (Lipinski definition) is 1. The molecular weight excluding hydrogens is 418 g/mol. The molecule has 1 amide bonds. The zero-order valence-corrected chi connectivity index (χ0v) is 18.7. The number of anilines is 2. The predicted molar refractivity (Wildman–Crippen MR) is 124 cm³/mol. The van der Waals surface area contributed by atoms with Crippen LogP contribution in [-0.2, 0) is 21.1 Å². The van der Waals surface area contributed by atoms with E-state index in [1.54, 1.807) is 0 Å². The van der Waals surface area contributed by atoms with E-state index in [-0.39, 0.29) is 35.2 Å². The molecule has 0 aromatic heterocycles. The van der Waals surface area contributed by atoms with Gasteiger partial charge < -0.3 is 10.2 Å². The molecular formula is C22H25N3O3S2. The van der Waals surface area contributed by atoms with Crippen LogP contribution < -0.4 is 10.2 Å². The highest BCUT2D eigenvalue weighted by atomic mass is 32.2. The fourth-order valence-corrected chi connectivity index (χ4v) is 7.53. The molecule has 1 N–H and O–H groups in total. The fourth-order valence-electron chi connectivity index (χ4n) is 3.75. The molecule has 1 saturated heterocycles. The maximum Gasteiger partial charge on any atom is 0.244 e. The molecule has 0 aliphatic carbocycles. The van der Waals surface area contributed by atoms with E-state index < -0.39 is 9.84 Å². The van der Waals surface area contributed by atoms with E-state index in [0.29, 0.717) is 5.17 Å².